The number of aryl methyl sites for hydroxylation is 1. The predicted molar refractivity (Wildman–Crippen MR) is 56.7 cm³/mol. The molecule has 2 rings (SSSR count). The molecule has 5 nitrogen and oxygen atoms in total. The van der Waals surface area contributed by atoms with Crippen molar-refractivity contribution in [3.05, 3.63) is 6.20 Å². The summed E-state index contributed by atoms with van der Waals surface area (Å²) in [5.41, 5.74) is 9.74. The SMILES string of the molecule is Cn1cc(N)c(NN2CCCCC2)n1. The molecule has 1 aromatic heterocycles. The van der Waals surface area contributed by atoms with E-state index in [9.17, 15) is 0 Å². The number of nitrogens with zero attached hydrogens (tertiary/aromatic N) is 3. The van der Waals surface area contributed by atoms with Crippen molar-refractivity contribution in [3.63, 3.8) is 0 Å². The summed E-state index contributed by atoms with van der Waals surface area (Å²) in [4.78, 5) is 0. The first-order chi connectivity index (χ1) is 6.75. The predicted octanol–water partition coefficient (Wildman–Crippen LogP) is 0.815. The summed E-state index contributed by atoms with van der Waals surface area (Å²) in [6.07, 6.45) is 5.64. The Balaban J connectivity index is 1.98. The molecule has 1 aromatic rings. The van der Waals surface area contributed by atoms with Crippen LogP contribution in [0, 0.1) is 0 Å². The fourth-order valence-electron chi connectivity index (χ4n) is 1.75. The number of nitrogen functional groups attached to an aromatic ring is 1. The molecule has 3 N–H and O–H groups in total. The molecule has 0 radical (unpaired) electrons. The normalized spacial score (nSPS) is 18.4. The van der Waals surface area contributed by atoms with E-state index in [1.807, 2.05) is 13.2 Å². The Morgan fingerprint density at radius 1 is 1.36 bits per heavy atom. The topological polar surface area (TPSA) is 59.1 Å². The van der Waals surface area contributed by atoms with Crippen molar-refractivity contribution in [2.45, 2.75) is 19.3 Å². The second-order valence-electron chi connectivity index (χ2n) is 3.77. The lowest BCUT2D eigenvalue weighted by atomic mass is 10.2. The van der Waals surface area contributed by atoms with Crippen LogP contribution in [0.2, 0.25) is 0 Å². The summed E-state index contributed by atoms with van der Waals surface area (Å²) in [7, 11) is 1.87. The van der Waals surface area contributed by atoms with Gasteiger partial charge in [0.1, 0.15) is 0 Å². The molecule has 78 valence electrons. The number of hydrogen-bond donors (Lipinski definition) is 2. The number of nitrogens with two attached hydrogens (primary N) is 1. The third-order valence-electron chi connectivity index (χ3n) is 2.48. The molecule has 0 amide bonds. The Bertz CT molecular complexity index is 300. The minimum Gasteiger partial charge on any atom is -0.394 e. The molecule has 0 unspecified atom stereocenters. The molecule has 14 heavy (non-hydrogen) atoms. The van der Waals surface area contributed by atoms with E-state index in [0.717, 1.165) is 18.9 Å². The third kappa shape index (κ3) is 1.98. The van der Waals surface area contributed by atoms with Crippen molar-refractivity contribution in [1.82, 2.24) is 14.8 Å². The van der Waals surface area contributed by atoms with Crippen LogP contribution in [0.5, 0.6) is 0 Å². The lowest BCUT2D eigenvalue weighted by Crippen LogP contribution is -2.35. The van der Waals surface area contributed by atoms with Gasteiger partial charge in [0.25, 0.3) is 0 Å². The van der Waals surface area contributed by atoms with E-state index >= 15 is 0 Å². The first-order valence-electron chi connectivity index (χ1n) is 5.06. The van der Waals surface area contributed by atoms with Crippen LogP contribution in [-0.2, 0) is 7.05 Å². The number of aromatic nitrogens is 2. The van der Waals surface area contributed by atoms with Gasteiger partial charge in [0.15, 0.2) is 5.82 Å². The number of nitrogens with one attached hydrogen (secondary N) is 1. The van der Waals surface area contributed by atoms with Crippen molar-refractivity contribution in [1.29, 1.82) is 0 Å². The van der Waals surface area contributed by atoms with E-state index in [4.69, 9.17) is 5.73 Å². The summed E-state index contributed by atoms with van der Waals surface area (Å²) in [5, 5.41) is 6.43. The molecular formula is C9H17N5. The summed E-state index contributed by atoms with van der Waals surface area (Å²) >= 11 is 0. The molecular weight excluding hydrogens is 178 g/mol. The number of hydrogen-bond acceptors (Lipinski definition) is 4. The van der Waals surface area contributed by atoms with E-state index in [1.165, 1.54) is 19.3 Å². The Labute approximate surface area is 83.8 Å². The highest BCUT2D eigenvalue weighted by molar-refractivity contribution is 5.59. The smallest absolute Gasteiger partial charge is 0.185 e. The van der Waals surface area contributed by atoms with Crippen molar-refractivity contribution in [2.75, 3.05) is 24.2 Å². The molecule has 2 heterocycles. The molecule has 0 bridgehead atoms. The lowest BCUT2D eigenvalue weighted by molar-refractivity contribution is 0.272. The van der Waals surface area contributed by atoms with Crippen molar-refractivity contribution < 1.29 is 0 Å². The number of rotatable bonds is 2. The van der Waals surface area contributed by atoms with Gasteiger partial charge in [-0.2, -0.15) is 5.10 Å². The largest absolute Gasteiger partial charge is 0.394 e. The van der Waals surface area contributed by atoms with E-state index in [-0.39, 0.29) is 0 Å². The summed E-state index contributed by atoms with van der Waals surface area (Å²) in [5.74, 6) is 0.773. The Morgan fingerprint density at radius 2 is 2.07 bits per heavy atom. The molecule has 0 spiro atoms. The van der Waals surface area contributed by atoms with Crippen LogP contribution in [0.4, 0.5) is 11.5 Å². The standard InChI is InChI=1S/C9H17N5/c1-13-7-8(10)9(11-13)12-14-5-3-2-4-6-14/h7H,2-6,10H2,1H3,(H,11,12). The van der Waals surface area contributed by atoms with E-state index in [2.05, 4.69) is 15.5 Å². The molecule has 0 saturated carbocycles. The molecule has 0 atom stereocenters. The number of piperidine rings is 1. The van der Waals surface area contributed by atoms with E-state index in [0.29, 0.717) is 5.69 Å². The summed E-state index contributed by atoms with van der Waals surface area (Å²) in [6.45, 7) is 2.16. The highest BCUT2D eigenvalue weighted by Gasteiger charge is 2.12. The van der Waals surface area contributed by atoms with Crippen LogP contribution in [0.25, 0.3) is 0 Å². The Hall–Kier alpha value is -1.23. The maximum atomic E-state index is 5.79. The van der Waals surface area contributed by atoms with Crippen LogP contribution in [0.15, 0.2) is 6.20 Å². The minimum atomic E-state index is 0.707. The van der Waals surface area contributed by atoms with Gasteiger partial charge in [0.05, 0.1) is 5.69 Å². The monoisotopic (exact) mass is 195 g/mol. The fourth-order valence-corrected chi connectivity index (χ4v) is 1.75. The highest BCUT2D eigenvalue weighted by Crippen LogP contribution is 2.17. The fraction of sp³-hybridized carbons (Fsp3) is 0.667. The average molecular weight is 195 g/mol. The molecule has 1 aliphatic heterocycles. The van der Waals surface area contributed by atoms with Crippen LogP contribution in [0.1, 0.15) is 19.3 Å². The van der Waals surface area contributed by atoms with Gasteiger partial charge in [-0.1, -0.05) is 6.42 Å². The second-order valence-corrected chi connectivity index (χ2v) is 3.77. The van der Waals surface area contributed by atoms with Crippen LogP contribution >= 0.6 is 0 Å². The van der Waals surface area contributed by atoms with Gasteiger partial charge in [-0.25, -0.2) is 5.01 Å². The van der Waals surface area contributed by atoms with E-state index in [1.54, 1.807) is 4.68 Å². The van der Waals surface area contributed by atoms with Crippen LogP contribution < -0.4 is 11.2 Å². The van der Waals surface area contributed by atoms with Gasteiger partial charge in [-0.3, -0.25) is 10.1 Å². The quantitative estimate of drug-likeness (QED) is 0.733. The molecule has 1 saturated heterocycles. The van der Waals surface area contributed by atoms with E-state index < -0.39 is 0 Å². The van der Waals surface area contributed by atoms with Gasteiger partial charge in [0, 0.05) is 26.3 Å². The van der Waals surface area contributed by atoms with Gasteiger partial charge in [-0.05, 0) is 12.8 Å². The number of anilines is 2. The first kappa shape index (κ1) is 9.33. The van der Waals surface area contributed by atoms with Gasteiger partial charge in [-0.15, -0.1) is 0 Å². The number of hydrazine groups is 1. The highest BCUT2D eigenvalue weighted by atomic mass is 15.5. The molecule has 1 aliphatic rings. The van der Waals surface area contributed by atoms with Crippen molar-refractivity contribution >= 4 is 11.5 Å². The van der Waals surface area contributed by atoms with Crippen molar-refractivity contribution in [3.8, 4) is 0 Å². The molecule has 1 fully saturated rings. The average Bonchev–Trinajstić information content (AvgIpc) is 2.47. The maximum Gasteiger partial charge on any atom is 0.185 e. The Morgan fingerprint density at radius 3 is 2.64 bits per heavy atom. The molecule has 0 aromatic carbocycles. The van der Waals surface area contributed by atoms with Gasteiger partial charge in [0.2, 0.25) is 0 Å². The first-order valence-corrected chi connectivity index (χ1v) is 5.06. The zero-order chi connectivity index (χ0) is 9.97. The second kappa shape index (κ2) is 3.88. The van der Waals surface area contributed by atoms with Gasteiger partial charge >= 0.3 is 0 Å². The maximum absolute atomic E-state index is 5.79. The summed E-state index contributed by atoms with van der Waals surface area (Å²) in [6, 6.07) is 0. The van der Waals surface area contributed by atoms with Crippen molar-refractivity contribution in [2.24, 2.45) is 7.05 Å². The summed E-state index contributed by atoms with van der Waals surface area (Å²) < 4.78 is 1.72. The Kier molecular flexibility index (Phi) is 2.58. The van der Waals surface area contributed by atoms with Crippen LogP contribution in [0.3, 0.4) is 0 Å². The zero-order valence-corrected chi connectivity index (χ0v) is 8.53. The minimum absolute atomic E-state index is 0.707. The van der Waals surface area contributed by atoms with Gasteiger partial charge < -0.3 is 5.73 Å². The molecule has 0 aliphatic carbocycles. The zero-order valence-electron chi connectivity index (χ0n) is 8.53. The lowest BCUT2D eigenvalue weighted by Gasteiger charge is -2.26. The molecule has 5 heteroatoms. The third-order valence-corrected chi connectivity index (χ3v) is 2.48. The van der Waals surface area contributed by atoms with Crippen LogP contribution in [-0.4, -0.2) is 27.9 Å².